The maximum atomic E-state index is 12.4. The van der Waals surface area contributed by atoms with Crippen LogP contribution in [0.4, 0.5) is 0 Å². The quantitative estimate of drug-likeness (QED) is 0.491. The highest BCUT2D eigenvalue weighted by Crippen LogP contribution is 2.28. The third kappa shape index (κ3) is 4.19. The highest BCUT2D eigenvalue weighted by atomic mass is 16.5. The largest absolute Gasteiger partial charge is 0.349 e. The number of rotatable bonds is 4. The summed E-state index contributed by atoms with van der Waals surface area (Å²) < 4.78 is 0. The van der Waals surface area contributed by atoms with E-state index in [4.69, 9.17) is 5.21 Å². The smallest absolute Gasteiger partial charge is 0.246 e. The second-order valence-electron chi connectivity index (χ2n) is 7.20. The molecule has 0 saturated carbocycles. The summed E-state index contributed by atoms with van der Waals surface area (Å²) >= 11 is 0. The molecule has 1 aromatic carbocycles. The van der Waals surface area contributed by atoms with Crippen molar-refractivity contribution in [3.63, 3.8) is 0 Å². The Hall–Kier alpha value is -1.92. The minimum Gasteiger partial charge on any atom is -0.349 e. The van der Waals surface area contributed by atoms with E-state index < -0.39 is 0 Å². The van der Waals surface area contributed by atoms with Crippen molar-refractivity contribution < 1.29 is 14.8 Å². The maximum Gasteiger partial charge on any atom is 0.246 e. The summed E-state index contributed by atoms with van der Waals surface area (Å²) in [5.41, 5.74) is 5.22. The molecular formula is C19H27N3O3. The average Bonchev–Trinajstić information content (AvgIpc) is 2.67. The van der Waals surface area contributed by atoms with E-state index in [1.807, 2.05) is 6.92 Å². The Morgan fingerprint density at radius 2 is 1.88 bits per heavy atom. The second-order valence-corrected chi connectivity index (χ2v) is 7.20. The maximum absolute atomic E-state index is 12.4. The van der Waals surface area contributed by atoms with E-state index in [0.29, 0.717) is 6.42 Å². The van der Waals surface area contributed by atoms with Gasteiger partial charge in [-0.15, -0.1) is 0 Å². The van der Waals surface area contributed by atoms with Crippen LogP contribution >= 0.6 is 0 Å². The van der Waals surface area contributed by atoms with Gasteiger partial charge in [0.1, 0.15) is 0 Å². The van der Waals surface area contributed by atoms with Crippen molar-refractivity contribution in [3.05, 3.63) is 34.9 Å². The fourth-order valence-corrected chi connectivity index (χ4v) is 3.86. The Bertz CT molecular complexity index is 641. The molecule has 0 bridgehead atoms. The third-order valence-corrected chi connectivity index (χ3v) is 5.51. The van der Waals surface area contributed by atoms with Crippen molar-refractivity contribution in [1.29, 1.82) is 0 Å². The summed E-state index contributed by atoms with van der Waals surface area (Å²) in [4.78, 5) is 24.1. The predicted molar refractivity (Wildman–Crippen MR) is 94.0 cm³/mol. The normalized spacial score (nSPS) is 21.9. The van der Waals surface area contributed by atoms with Gasteiger partial charge in [0.2, 0.25) is 11.8 Å². The molecule has 136 valence electrons. The van der Waals surface area contributed by atoms with Crippen LogP contribution in [0.5, 0.6) is 0 Å². The van der Waals surface area contributed by atoms with Gasteiger partial charge in [-0.1, -0.05) is 18.2 Å². The average molecular weight is 345 g/mol. The molecule has 6 heteroatoms. The van der Waals surface area contributed by atoms with Crippen LogP contribution in [-0.2, 0) is 22.4 Å². The standard InChI is InChI=1S/C19H27N3O3/c1-12(21-18(23)14-6-8-20-9-7-14)15-4-2-13-3-5-16(19(24)22-25)11-17(13)10-15/h2,4,10,12,14,16,20,25H,3,5-9,11H2,1H3,(H,21,23)(H,22,24). The lowest BCUT2D eigenvalue weighted by atomic mass is 9.82. The molecule has 0 radical (unpaired) electrons. The number of carbonyl (C=O) groups excluding carboxylic acids is 2. The summed E-state index contributed by atoms with van der Waals surface area (Å²) in [7, 11) is 0. The van der Waals surface area contributed by atoms with Gasteiger partial charge in [0, 0.05) is 11.8 Å². The van der Waals surface area contributed by atoms with Crippen molar-refractivity contribution in [2.45, 2.75) is 45.1 Å². The molecule has 6 nitrogen and oxygen atoms in total. The lowest BCUT2D eigenvalue weighted by Crippen LogP contribution is -2.39. The van der Waals surface area contributed by atoms with Gasteiger partial charge in [0.25, 0.3) is 0 Å². The Balaban J connectivity index is 1.66. The van der Waals surface area contributed by atoms with Gasteiger partial charge < -0.3 is 10.6 Å². The van der Waals surface area contributed by atoms with Crippen LogP contribution in [0.2, 0.25) is 0 Å². The molecule has 1 fully saturated rings. The molecule has 1 aliphatic heterocycles. The predicted octanol–water partition coefficient (Wildman–Crippen LogP) is 1.47. The number of fused-ring (bicyclic) bond motifs is 1. The Kier molecular flexibility index (Phi) is 5.71. The SMILES string of the molecule is CC(NC(=O)C1CCNCC1)c1ccc2c(c1)CC(C(=O)NO)CC2. The molecule has 0 aromatic heterocycles. The van der Waals surface area contributed by atoms with E-state index in [-0.39, 0.29) is 29.7 Å². The van der Waals surface area contributed by atoms with Gasteiger partial charge in [-0.3, -0.25) is 14.8 Å². The van der Waals surface area contributed by atoms with Crippen LogP contribution in [0.3, 0.4) is 0 Å². The monoisotopic (exact) mass is 345 g/mol. The fraction of sp³-hybridized carbons (Fsp3) is 0.579. The first-order valence-corrected chi connectivity index (χ1v) is 9.15. The third-order valence-electron chi connectivity index (χ3n) is 5.51. The Morgan fingerprint density at radius 3 is 2.60 bits per heavy atom. The first-order valence-electron chi connectivity index (χ1n) is 9.15. The van der Waals surface area contributed by atoms with Crippen LogP contribution < -0.4 is 16.1 Å². The first kappa shape index (κ1) is 17.9. The van der Waals surface area contributed by atoms with Gasteiger partial charge in [-0.25, -0.2) is 5.48 Å². The molecule has 0 spiro atoms. The number of hydroxylamine groups is 1. The minimum atomic E-state index is -0.316. The molecule has 2 unspecified atom stereocenters. The van der Waals surface area contributed by atoms with E-state index in [1.165, 1.54) is 5.56 Å². The number of nitrogens with one attached hydrogen (secondary N) is 3. The van der Waals surface area contributed by atoms with Crippen LogP contribution in [0.15, 0.2) is 18.2 Å². The number of benzene rings is 1. The molecule has 1 aromatic rings. The lowest BCUT2D eigenvalue weighted by molar-refractivity contribution is -0.133. The molecule has 2 atom stereocenters. The summed E-state index contributed by atoms with van der Waals surface area (Å²) in [6.07, 6.45) is 4.00. The molecule has 1 aliphatic carbocycles. The molecular weight excluding hydrogens is 318 g/mol. The van der Waals surface area contributed by atoms with Crippen molar-refractivity contribution in [2.24, 2.45) is 11.8 Å². The highest BCUT2D eigenvalue weighted by Gasteiger charge is 2.26. The topological polar surface area (TPSA) is 90.5 Å². The van der Waals surface area contributed by atoms with Crippen LogP contribution in [0.25, 0.3) is 0 Å². The van der Waals surface area contributed by atoms with Crippen molar-refractivity contribution in [3.8, 4) is 0 Å². The van der Waals surface area contributed by atoms with E-state index >= 15 is 0 Å². The van der Waals surface area contributed by atoms with Crippen molar-refractivity contribution in [2.75, 3.05) is 13.1 Å². The minimum absolute atomic E-state index is 0.0558. The second kappa shape index (κ2) is 7.97. The number of piperidine rings is 1. The molecule has 1 saturated heterocycles. The zero-order valence-electron chi connectivity index (χ0n) is 14.7. The van der Waals surface area contributed by atoms with Crippen LogP contribution in [-0.4, -0.2) is 30.1 Å². The van der Waals surface area contributed by atoms with E-state index in [0.717, 1.165) is 49.9 Å². The summed E-state index contributed by atoms with van der Waals surface area (Å²) in [5, 5.41) is 15.3. The van der Waals surface area contributed by atoms with Crippen molar-refractivity contribution >= 4 is 11.8 Å². The zero-order valence-corrected chi connectivity index (χ0v) is 14.7. The van der Waals surface area contributed by atoms with Gasteiger partial charge >= 0.3 is 0 Å². The zero-order chi connectivity index (χ0) is 17.8. The van der Waals surface area contributed by atoms with Crippen LogP contribution in [0.1, 0.15) is 48.9 Å². The van der Waals surface area contributed by atoms with Crippen LogP contribution in [0, 0.1) is 11.8 Å². The molecule has 25 heavy (non-hydrogen) atoms. The summed E-state index contributed by atoms with van der Waals surface area (Å²) in [5.74, 6) is -0.279. The number of hydrogen-bond acceptors (Lipinski definition) is 4. The Morgan fingerprint density at radius 1 is 1.12 bits per heavy atom. The van der Waals surface area contributed by atoms with Gasteiger partial charge in [-0.2, -0.15) is 0 Å². The molecule has 2 aliphatic rings. The highest BCUT2D eigenvalue weighted by molar-refractivity contribution is 5.79. The number of carbonyl (C=O) groups is 2. The van der Waals surface area contributed by atoms with E-state index in [2.05, 4.69) is 28.8 Å². The Labute approximate surface area is 148 Å². The summed E-state index contributed by atoms with van der Waals surface area (Å²) in [6.45, 7) is 3.81. The molecule has 1 heterocycles. The lowest BCUT2D eigenvalue weighted by Gasteiger charge is -2.26. The van der Waals surface area contributed by atoms with E-state index in [1.54, 1.807) is 5.48 Å². The van der Waals surface area contributed by atoms with Gasteiger partial charge in [0.05, 0.1) is 6.04 Å². The first-order chi connectivity index (χ1) is 12.1. The van der Waals surface area contributed by atoms with Gasteiger partial charge in [-0.05, 0) is 68.8 Å². The molecule has 2 amide bonds. The molecule has 4 N–H and O–H groups in total. The fourth-order valence-electron chi connectivity index (χ4n) is 3.86. The van der Waals surface area contributed by atoms with Crippen molar-refractivity contribution in [1.82, 2.24) is 16.1 Å². The summed E-state index contributed by atoms with van der Waals surface area (Å²) in [6, 6.07) is 6.21. The van der Waals surface area contributed by atoms with E-state index in [9.17, 15) is 9.59 Å². The number of hydrogen-bond donors (Lipinski definition) is 4. The van der Waals surface area contributed by atoms with Gasteiger partial charge in [0.15, 0.2) is 0 Å². The number of amides is 2. The number of aryl methyl sites for hydroxylation is 1. The molecule has 3 rings (SSSR count).